The Morgan fingerprint density at radius 2 is 2.19 bits per heavy atom. The van der Waals surface area contributed by atoms with Crippen molar-refractivity contribution in [3.63, 3.8) is 0 Å². The first-order valence-electron chi connectivity index (χ1n) is 7.30. The molecule has 1 unspecified atom stereocenters. The van der Waals surface area contributed by atoms with Crippen LogP contribution in [0.2, 0.25) is 0 Å². The Kier molecular flexibility index (Phi) is 4.96. The Morgan fingerprint density at radius 1 is 1.43 bits per heavy atom. The van der Waals surface area contributed by atoms with Crippen molar-refractivity contribution in [2.24, 2.45) is 0 Å². The van der Waals surface area contributed by atoms with E-state index in [0.717, 1.165) is 30.6 Å². The zero-order valence-corrected chi connectivity index (χ0v) is 12.6. The van der Waals surface area contributed by atoms with E-state index < -0.39 is 5.97 Å². The largest absolute Gasteiger partial charge is 0.481 e. The third-order valence-electron chi connectivity index (χ3n) is 3.95. The lowest BCUT2D eigenvalue weighted by Crippen LogP contribution is -2.34. The molecule has 1 aromatic carbocycles. The Balaban J connectivity index is 2.17. The molecule has 2 N–H and O–H groups in total. The molecule has 1 atom stereocenters. The van der Waals surface area contributed by atoms with Gasteiger partial charge in [-0.25, -0.2) is 0 Å². The van der Waals surface area contributed by atoms with Crippen molar-refractivity contribution in [1.82, 2.24) is 5.32 Å². The number of aryl methyl sites for hydroxylation is 1. The summed E-state index contributed by atoms with van der Waals surface area (Å²) in [7, 11) is 1.78. The van der Waals surface area contributed by atoms with E-state index >= 15 is 0 Å². The molecule has 0 saturated carbocycles. The molecule has 0 bridgehead atoms. The second-order valence-corrected chi connectivity index (χ2v) is 5.52. The average molecular weight is 290 g/mol. The summed E-state index contributed by atoms with van der Waals surface area (Å²) in [4.78, 5) is 24.3. The van der Waals surface area contributed by atoms with E-state index in [-0.39, 0.29) is 18.4 Å². The van der Waals surface area contributed by atoms with Gasteiger partial charge >= 0.3 is 5.97 Å². The number of benzene rings is 1. The lowest BCUT2D eigenvalue weighted by atomic mass is 9.95. The van der Waals surface area contributed by atoms with Crippen molar-refractivity contribution in [1.29, 1.82) is 0 Å². The van der Waals surface area contributed by atoms with E-state index in [0.29, 0.717) is 6.42 Å². The minimum Gasteiger partial charge on any atom is -0.481 e. The molecule has 1 aliphatic heterocycles. The smallest absolute Gasteiger partial charge is 0.304 e. The molecule has 5 nitrogen and oxygen atoms in total. The number of likely N-dealkylation sites (N-methyl/N-ethyl adjacent to an activating group) is 1. The normalized spacial score (nSPS) is 15.4. The van der Waals surface area contributed by atoms with Crippen LogP contribution in [0.4, 0.5) is 5.69 Å². The molecule has 0 saturated heterocycles. The van der Waals surface area contributed by atoms with Crippen LogP contribution in [-0.4, -0.2) is 36.6 Å². The number of hydrogen-bond donors (Lipinski definition) is 2. The second kappa shape index (κ2) is 6.72. The number of amides is 1. The molecule has 1 aliphatic rings. The van der Waals surface area contributed by atoms with Gasteiger partial charge in [0.2, 0.25) is 5.91 Å². The van der Waals surface area contributed by atoms with Crippen LogP contribution in [0.3, 0.4) is 0 Å². The van der Waals surface area contributed by atoms with Gasteiger partial charge in [-0.1, -0.05) is 12.1 Å². The third kappa shape index (κ3) is 3.82. The van der Waals surface area contributed by atoms with Crippen molar-refractivity contribution in [2.75, 3.05) is 18.5 Å². The molecule has 0 aliphatic carbocycles. The number of anilines is 1. The molecule has 0 spiro atoms. The van der Waals surface area contributed by atoms with Gasteiger partial charge in [-0.05, 0) is 43.5 Å². The summed E-state index contributed by atoms with van der Waals surface area (Å²) in [5.74, 6) is -0.724. The van der Waals surface area contributed by atoms with E-state index in [1.807, 2.05) is 17.0 Å². The van der Waals surface area contributed by atoms with Crippen molar-refractivity contribution in [2.45, 2.75) is 38.6 Å². The minimum absolute atomic E-state index is 0.0719. The van der Waals surface area contributed by atoms with Crippen LogP contribution in [0.1, 0.15) is 30.9 Å². The van der Waals surface area contributed by atoms with Gasteiger partial charge in [0.25, 0.3) is 0 Å². The van der Waals surface area contributed by atoms with Gasteiger partial charge in [-0.3, -0.25) is 9.59 Å². The number of rotatable bonds is 5. The molecule has 0 fully saturated rings. The van der Waals surface area contributed by atoms with E-state index in [1.165, 1.54) is 5.56 Å². The van der Waals surface area contributed by atoms with Crippen LogP contribution in [0.15, 0.2) is 18.2 Å². The number of carbonyl (C=O) groups excluding carboxylic acids is 1. The number of hydrogen-bond acceptors (Lipinski definition) is 3. The number of carboxylic acids is 1. The summed E-state index contributed by atoms with van der Waals surface area (Å²) >= 11 is 0. The molecule has 2 rings (SSSR count). The number of nitrogens with zero attached hydrogens (tertiary/aromatic N) is 1. The Bertz CT molecular complexity index is 542. The van der Waals surface area contributed by atoms with Crippen LogP contribution in [0.25, 0.3) is 0 Å². The van der Waals surface area contributed by atoms with Crippen molar-refractivity contribution in [3.8, 4) is 0 Å². The first-order valence-corrected chi connectivity index (χ1v) is 7.30. The highest BCUT2D eigenvalue weighted by atomic mass is 16.4. The van der Waals surface area contributed by atoms with E-state index in [1.54, 1.807) is 14.0 Å². The van der Waals surface area contributed by atoms with Gasteiger partial charge in [0, 0.05) is 25.2 Å². The third-order valence-corrected chi connectivity index (χ3v) is 3.95. The summed E-state index contributed by atoms with van der Waals surface area (Å²) in [6.45, 7) is 2.37. The maximum atomic E-state index is 11.6. The molecule has 0 radical (unpaired) electrons. The van der Waals surface area contributed by atoms with Crippen LogP contribution in [0.5, 0.6) is 0 Å². The predicted molar refractivity (Wildman–Crippen MR) is 81.6 cm³/mol. The quantitative estimate of drug-likeness (QED) is 0.864. The fraction of sp³-hybridized carbons (Fsp3) is 0.500. The van der Waals surface area contributed by atoms with Gasteiger partial charge in [0.05, 0.1) is 6.42 Å². The van der Waals surface area contributed by atoms with E-state index in [9.17, 15) is 9.59 Å². The topological polar surface area (TPSA) is 69.6 Å². The fourth-order valence-electron chi connectivity index (χ4n) is 2.88. The van der Waals surface area contributed by atoms with Gasteiger partial charge < -0.3 is 15.3 Å². The lowest BCUT2D eigenvalue weighted by molar-refractivity contribution is -0.137. The van der Waals surface area contributed by atoms with Crippen LogP contribution in [-0.2, 0) is 22.4 Å². The van der Waals surface area contributed by atoms with Gasteiger partial charge in [0.1, 0.15) is 0 Å². The molecule has 21 heavy (non-hydrogen) atoms. The van der Waals surface area contributed by atoms with Gasteiger partial charge in [-0.2, -0.15) is 0 Å². The second-order valence-electron chi connectivity index (χ2n) is 5.52. The highest BCUT2D eigenvalue weighted by Crippen LogP contribution is 2.28. The molecule has 5 heteroatoms. The number of aliphatic carboxylic acids is 1. The van der Waals surface area contributed by atoms with E-state index in [2.05, 4.69) is 11.4 Å². The minimum atomic E-state index is -0.796. The summed E-state index contributed by atoms with van der Waals surface area (Å²) in [5, 5.41) is 11.9. The molecule has 1 aromatic rings. The average Bonchev–Trinajstić information content (AvgIpc) is 2.45. The van der Waals surface area contributed by atoms with Gasteiger partial charge in [-0.15, -0.1) is 0 Å². The molecule has 114 valence electrons. The van der Waals surface area contributed by atoms with Crippen LogP contribution in [0, 0.1) is 0 Å². The maximum absolute atomic E-state index is 11.6. The molecular formula is C16H22N2O3. The number of carbonyl (C=O) groups is 2. The maximum Gasteiger partial charge on any atom is 0.304 e. The Hall–Kier alpha value is -1.88. The van der Waals surface area contributed by atoms with Crippen LogP contribution >= 0.6 is 0 Å². The standard InChI is InChI=1S/C16H22N2O3/c1-11(19)18-7-3-4-13-8-12(5-6-15(13)18)9-14(17-2)10-16(20)21/h5-6,8,14,17H,3-4,7,9-10H2,1-2H3,(H,20,21). The predicted octanol–water partition coefficient (Wildman–Crippen LogP) is 1.59. The molecule has 1 amide bonds. The van der Waals surface area contributed by atoms with Crippen molar-refractivity contribution >= 4 is 17.6 Å². The first-order chi connectivity index (χ1) is 10.0. The summed E-state index contributed by atoms with van der Waals surface area (Å²) < 4.78 is 0. The fourth-order valence-corrected chi connectivity index (χ4v) is 2.88. The Labute approximate surface area is 125 Å². The van der Waals surface area contributed by atoms with Gasteiger partial charge in [0.15, 0.2) is 0 Å². The molecule has 0 aromatic heterocycles. The lowest BCUT2D eigenvalue weighted by Gasteiger charge is -2.29. The Morgan fingerprint density at radius 3 is 2.81 bits per heavy atom. The number of fused-ring (bicyclic) bond motifs is 1. The first kappa shape index (κ1) is 15.5. The van der Waals surface area contributed by atoms with Crippen LogP contribution < -0.4 is 10.2 Å². The SMILES string of the molecule is CNC(CC(=O)O)Cc1ccc2c(c1)CCCN2C(C)=O. The monoisotopic (exact) mass is 290 g/mol. The van der Waals surface area contributed by atoms with Crippen molar-refractivity contribution in [3.05, 3.63) is 29.3 Å². The van der Waals surface area contributed by atoms with Crippen molar-refractivity contribution < 1.29 is 14.7 Å². The summed E-state index contributed by atoms with van der Waals surface area (Å²) in [6.07, 6.45) is 2.72. The number of carboxylic acid groups (broad SMARTS) is 1. The zero-order valence-electron chi connectivity index (χ0n) is 12.6. The summed E-state index contributed by atoms with van der Waals surface area (Å²) in [6, 6.07) is 6.01. The highest BCUT2D eigenvalue weighted by Gasteiger charge is 2.20. The molecule has 1 heterocycles. The number of nitrogens with one attached hydrogen (secondary N) is 1. The zero-order chi connectivity index (χ0) is 15.4. The summed E-state index contributed by atoms with van der Waals surface area (Å²) in [5.41, 5.74) is 3.29. The molecular weight excluding hydrogens is 268 g/mol. The highest BCUT2D eigenvalue weighted by molar-refractivity contribution is 5.92. The van der Waals surface area contributed by atoms with E-state index in [4.69, 9.17) is 5.11 Å².